The number of carbonyl (C=O) groups excluding carboxylic acids is 2. The molecule has 4 rings (SSSR count). The van der Waals surface area contributed by atoms with Crippen LogP contribution < -0.4 is 5.32 Å². The van der Waals surface area contributed by atoms with Crippen molar-refractivity contribution < 1.29 is 14.7 Å². The topological polar surface area (TPSA) is 98.3 Å². The summed E-state index contributed by atoms with van der Waals surface area (Å²) in [6.07, 6.45) is 3.39. The Morgan fingerprint density at radius 3 is 2.61 bits per heavy atom. The van der Waals surface area contributed by atoms with Gasteiger partial charge in [-0.1, -0.05) is 18.2 Å². The van der Waals surface area contributed by atoms with E-state index in [1.165, 1.54) is 4.90 Å². The number of Topliss-reactive ketones (excluding diaryl/α,β-unsaturated/α-hetero) is 1. The van der Waals surface area contributed by atoms with E-state index in [1.54, 1.807) is 26.4 Å². The van der Waals surface area contributed by atoms with E-state index in [2.05, 4.69) is 15.3 Å². The van der Waals surface area contributed by atoms with Gasteiger partial charge in [-0.05, 0) is 31.2 Å². The molecule has 0 saturated heterocycles. The Bertz CT molecular complexity index is 1080. The van der Waals surface area contributed by atoms with Crippen LogP contribution in [-0.4, -0.2) is 51.4 Å². The number of H-pyrrole nitrogens is 1. The number of carbonyl (C=O) groups is 2. The highest BCUT2D eigenvalue weighted by Crippen LogP contribution is 2.40. The molecule has 0 fully saturated rings. The lowest BCUT2D eigenvalue weighted by Crippen LogP contribution is -2.40. The van der Waals surface area contributed by atoms with Crippen molar-refractivity contribution in [2.24, 2.45) is 5.92 Å². The first-order chi connectivity index (χ1) is 14.9. The Morgan fingerprint density at radius 1 is 1.23 bits per heavy atom. The molecule has 1 aromatic carbocycles. The van der Waals surface area contributed by atoms with Crippen LogP contribution in [0.3, 0.4) is 0 Å². The maximum Gasteiger partial charge on any atom is 0.226 e. The zero-order chi connectivity index (χ0) is 22.0. The molecule has 3 aromatic rings. The van der Waals surface area contributed by atoms with E-state index in [0.717, 1.165) is 28.3 Å². The molecule has 7 heteroatoms. The minimum absolute atomic E-state index is 0.0694. The van der Waals surface area contributed by atoms with Gasteiger partial charge in [0.05, 0.1) is 29.0 Å². The summed E-state index contributed by atoms with van der Waals surface area (Å²) in [5.41, 5.74) is 4.67. The predicted molar refractivity (Wildman–Crippen MR) is 119 cm³/mol. The summed E-state index contributed by atoms with van der Waals surface area (Å²) >= 11 is 0. The summed E-state index contributed by atoms with van der Waals surface area (Å²) < 4.78 is 0. The molecular weight excluding hydrogens is 392 g/mol. The molecule has 0 aliphatic heterocycles. The standard InChI is InChI=1S/C24H26N4O3/c1-15(29)14-28(2)24(31)17-12-19-21(20(30)13-17)23(26-18-6-4-3-5-7-18)22(27-19)16-8-10-25-11-9-16/h3-11,15,17,26-27,29H,12-14H2,1-2H3/t15-,17?/m1/s1. The van der Waals surface area contributed by atoms with Gasteiger partial charge in [0.1, 0.15) is 0 Å². The van der Waals surface area contributed by atoms with Crippen LogP contribution in [-0.2, 0) is 11.2 Å². The van der Waals surface area contributed by atoms with Crippen molar-refractivity contribution in [1.82, 2.24) is 14.9 Å². The smallest absolute Gasteiger partial charge is 0.226 e. The van der Waals surface area contributed by atoms with Gasteiger partial charge >= 0.3 is 0 Å². The van der Waals surface area contributed by atoms with E-state index in [-0.39, 0.29) is 24.7 Å². The van der Waals surface area contributed by atoms with Crippen LogP contribution in [0.5, 0.6) is 0 Å². The van der Waals surface area contributed by atoms with Gasteiger partial charge in [-0.15, -0.1) is 0 Å². The molecule has 1 amide bonds. The lowest BCUT2D eigenvalue weighted by molar-refractivity contribution is -0.135. The maximum atomic E-state index is 13.2. The molecule has 2 aromatic heterocycles. The fourth-order valence-corrected chi connectivity index (χ4v) is 4.16. The molecule has 1 aliphatic carbocycles. The number of ketones is 1. The fourth-order valence-electron chi connectivity index (χ4n) is 4.16. The molecular formula is C24H26N4O3. The molecule has 0 radical (unpaired) electrons. The summed E-state index contributed by atoms with van der Waals surface area (Å²) in [5.74, 6) is -0.644. The second-order valence-electron chi connectivity index (χ2n) is 8.05. The normalized spacial score (nSPS) is 16.5. The molecule has 3 N–H and O–H groups in total. The lowest BCUT2D eigenvalue weighted by atomic mass is 9.85. The number of likely N-dealkylation sites (N-methyl/N-ethyl adjacent to an activating group) is 1. The third-order valence-corrected chi connectivity index (χ3v) is 5.51. The second-order valence-corrected chi connectivity index (χ2v) is 8.05. The number of para-hydroxylation sites is 1. The van der Waals surface area contributed by atoms with Crippen molar-refractivity contribution >= 4 is 23.1 Å². The van der Waals surface area contributed by atoms with Crippen molar-refractivity contribution in [1.29, 1.82) is 0 Å². The van der Waals surface area contributed by atoms with Crippen LogP contribution in [0.25, 0.3) is 11.3 Å². The number of aromatic nitrogens is 2. The number of aliphatic hydroxyl groups is 1. The largest absolute Gasteiger partial charge is 0.392 e. The van der Waals surface area contributed by atoms with Crippen LogP contribution in [0.4, 0.5) is 11.4 Å². The summed E-state index contributed by atoms with van der Waals surface area (Å²) in [5, 5.41) is 13.0. The molecule has 0 bridgehead atoms. The van der Waals surface area contributed by atoms with Gasteiger partial charge in [-0.2, -0.15) is 0 Å². The number of pyridine rings is 1. The van der Waals surface area contributed by atoms with Gasteiger partial charge in [0.25, 0.3) is 0 Å². The number of amides is 1. The second kappa shape index (κ2) is 8.73. The van der Waals surface area contributed by atoms with Gasteiger partial charge in [0.15, 0.2) is 5.78 Å². The van der Waals surface area contributed by atoms with Gasteiger partial charge in [-0.25, -0.2) is 0 Å². The quantitative estimate of drug-likeness (QED) is 0.570. The number of nitrogens with zero attached hydrogens (tertiary/aromatic N) is 2. The number of rotatable bonds is 6. The predicted octanol–water partition coefficient (Wildman–Crippen LogP) is 3.40. The minimum Gasteiger partial charge on any atom is -0.392 e. The van der Waals surface area contributed by atoms with Gasteiger partial charge in [0.2, 0.25) is 5.91 Å². The van der Waals surface area contributed by atoms with E-state index < -0.39 is 12.0 Å². The zero-order valence-corrected chi connectivity index (χ0v) is 17.6. The SMILES string of the molecule is C[C@@H](O)CN(C)C(=O)C1CC(=O)c2c([nH]c(-c3ccncc3)c2Nc2ccccc2)C1. The highest BCUT2D eigenvalue weighted by molar-refractivity contribution is 6.09. The first-order valence-electron chi connectivity index (χ1n) is 10.4. The average molecular weight is 418 g/mol. The van der Waals surface area contributed by atoms with Crippen LogP contribution in [0, 0.1) is 5.92 Å². The fraction of sp³-hybridized carbons (Fsp3) is 0.292. The third-order valence-electron chi connectivity index (χ3n) is 5.51. The number of aliphatic hydroxyl groups excluding tert-OH is 1. The molecule has 1 unspecified atom stereocenters. The number of hydrogen-bond donors (Lipinski definition) is 3. The zero-order valence-electron chi connectivity index (χ0n) is 17.6. The number of fused-ring (bicyclic) bond motifs is 1. The van der Waals surface area contributed by atoms with E-state index >= 15 is 0 Å². The highest BCUT2D eigenvalue weighted by atomic mass is 16.3. The van der Waals surface area contributed by atoms with Crippen LogP contribution >= 0.6 is 0 Å². The number of hydrogen-bond acceptors (Lipinski definition) is 5. The summed E-state index contributed by atoms with van der Waals surface area (Å²) in [7, 11) is 1.66. The molecule has 160 valence electrons. The summed E-state index contributed by atoms with van der Waals surface area (Å²) in [6.45, 7) is 1.88. The molecule has 31 heavy (non-hydrogen) atoms. The van der Waals surface area contributed by atoms with Crippen molar-refractivity contribution in [3.8, 4) is 11.3 Å². The number of aromatic amines is 1. The Labute approximate surface area is 181 Å². The lowest BCUT2D eigenvalue weighted by Gasteiger charge is -2.27. The van der Waals surface area contributed by atoms with Gasteiger partial charge in [0, 0.05) is 55.8 Å². The average Bonchev–Trinajstić information content (AvgIpc) is 3.12. The molecule has 0 saturated carbocycles. The van der Waals surface area contributed by atoms with E-state index in [1.807, 2.05) is 42.5 Å². The Hall–Kier alpha value is -3.45. The number of nitrogens with one attached hydrogen (secondary N) is 2. The van der Waals surface area contributed by atoms with Crippen molar-refractivity contribution in [2.75, 3.05) is 18.9 Å². The van der Waals surface area contributed by atoms with E-state index in [4.69, 9.17) is 0 Å². The van der Waals surface area contributed by atoms with Crippen molar-refractivity contribution in [3.05, 3.63) is 66.1 Å². The molecule has 7 nitrogen and oxygen atoms in total. The molecule has 2 atom stereocenters. The molecule has 0 spiro atoms. The number of anilines is 2. The van der Waals surface area contributed by atoms with Crippen LogP contribution in [0.2, 0.25) is 0 Å². The monoisotopic (exact) mass is 418 g/mol. The number of benzene rings is 1. The molecule has 2 heterocycles. The minimum atomic E-state index is -0.616. The van der Waals surface area contributed by atoms with E-state index in [9.17, 15) is 14.7 Å². The summed E-state index contributed by atoms with van der Waals surface area (Å²) in [4.78, 5) is 35.1. The van der Waals surface area contributed by atoms with Crippen LogP contribution in [0.1, 0.15) is 29.4 Å². The first kappa shape index (κ1) is 20.8. The Morgan fingerprint density at radius 2 is 1.94 bits per heavy atom. The Balaban J connectivity index is 1.72. The third kappa shape index (κ3) is 4.36. The maximum absolute atomic E-state index is 13.2. The van der Waals surface area contributed by atoms with Gasteiger partial charge < -0.3 is 20.3 Å². The summed E-state index contributed by atoms with van der Waals surface area (Å²) in [6, 6.07) is 13.5. The van der Waals surface area contributed by atoms with E-state index in [0.29, 0.717) is 12.0 Å². The Kier molecular flexibility index (Phi) is 5.86. The van der Waals surface area contributed by atoms with Crippen molar-refractivity contribution in [3.63, 3.8) is 0 Å². The molecule has 1 aliphatic rings. The van der Waals surface area contributed by atoms with Gasteiger partial charge in [-0.3, -0.25) is 14.6 Å². The van der Waals surface area contributed by atoms with Crippen molar-refractivity contribution in [2.45, 2.75) is 25.9 Å². The highest BCUT2D eigenvalue weighted by Gasteiger charge is 2.36. The van der Waals surface area contributed by atoms with Crippen LogP contribution in [0.15, 0.2) is 54.9 Å². The first-order valence-corrected chi connectivity index (χ1v) is 10.4.